The van der Waals surface area contributed by atoms with Crippen molar-refractivity contribution < 1.29 is 4.74 Å². The van der Waals surface area contributed by atoms with Crippen molar-refractivity contribution in [1.82, 2.24) is 0 Å². The molecule has 0 saturated carbocycles. The molecule has 52 valence electrons. The fourth-order valence-corrected chi connectivity index (χ4v) is 0.838. The lowest BCUT2D eigenvalue weighted by molar-refractivity contribution is 0.160. The van der Waals surface area contributed by atoms with Gasteiger partial charge in [-0.15, -0.1) is 0 Å². The summed E-state index contributed by atoms with van der Waals surface area (Å²) in [7, 11) is 0. The first-order valence-corrected chi connectivity index (χ1v) is 3.44. The Morgan fingerprint density at radius 3 is 2.44 bits per heavy atom. The quantitative estimate of drug-likeness (QED) is 0.523. The van der Waals surface area contributed by atoms with Crippen LogP contribution in [0.15, 0.2) is 12.3 Å². The van der Waals surface area contributed by atoms with Gasteiger partial charge in [-0.25, -0.2) is 0 Å². The van der Waals surface area contributed by atoms with E-state index >= 15 is 0 Å². The summed E-state index contributed by atoms with van der Waals surface area (Å²) in [5.74, 6) is 0.677. The molecular weight excluding hydrogens is 112 g/mol. The Morgan fingerprint density at radius 2 is 2.22 bits per heavy atom. The first-order valence-electron chi connectivity index (χ1n) is 3.44. The maximum absolute atomic E-state index is 5.14. The fraction of sp³-hybridized carbons (Fsp3) is 0.750. The van der Waals surface area contributed by atoms with E-state index in [1.807, 2.05) is 0 Å². The zero-order valence-corrected chi connectivity index (χ0v) is 6.35. The maximum atomic E-state index is 5.14. The van der Waals surface area contributed by atoms with Crippen LogP contribution in [0, 0.1) is 11.3 Å². The highest BCUT2D eigenvalue weighted by atomic mass is 16.5. The van der Waals surface area contributed by atoms with Gasteiger partial charge in [-0.2, -0.15) is 0 Å². The first kappa shape index (κ1) is 6.66. The van der Waals surface area contributed by atoms with E-state index < -0.39 is 0 Å². The number of hydrogen-bond donors (Lipinski definition) is 0. The predicted molar refractivity (Wildman–Crippen MR) is 38.0 cm³/mol. The molecule has 1 heterocycles. The molecule has 1 aliphatic heterocycles. The highest BCUT2D eigenvalue weighted by Crippen LogP contribution is 2.32. The molecule has 1 aliphatic rings. The van der Waals surface area contributed by atoms with Gasteiger partial charge in [0.1, 0.15) is 0 Å². The largest absolute Gasteiger partial charge is 0.501 e. The highest BCUT2D eigenvalue weighted by molar-refractivity contribution is 5.00. The average molecular weight is 126 g/mol. The SMILES string of the molecule is CC(C)[C@]1(C)C=COC1. The monoisotopic (exact) mass is 126 g/mol. The van der Waals surface area contributed by atoms with Gasteiger partial charge in [0.25, 0.3) is 0 Å². The van der Waals surface area contributed by atoms with Crippen LogP contribution in [0.4, 0.5) is 0 Å². The highest BCUT2D eigenvalue weighted by Gasteiger charge is 2.28. The molecule has 0 radical (unpaired) electrons. The average Bonchev–Trinajstić information content (AvgIpc) is 2.16. The van der Waals surface area contributed by atoms with Crippen molar-refractivity contribution in [2.75, 3.05) is 6.61 Å². The summed E-state index contributed by atoms with van der Waals surface area (Å²) in [4.78, 5) is 0. The standard InChI is InChI=1S/C8H14O/c1-7(2)8(3)4-5-9-6-8/h4-5,7H,6H2,1-3H3/t8-/m1/s1. The van der Waals surface area contributed by atoms with Crippen LogP contribution in [0.3, 0.4) is 0 Å². The second kappa shape index (κ2) is 2.05. The Balaban J connectivity index is 2.62. The van der Waals surface area contributed by atoms with Crippen molar-refractivity contribution in [2.24, 2.45) is 11.3 Å². The van der Waals surface area contributed by atoms with Crippen molar-refractivity contribution >= 4 is 0 Å². The van der Waals surface area contributed by atoms with Gasteiger partial charge in [0.2, 0.25) is 0 Å². The summed E-state index contributed by atoms with van der Waals surface area (Å²) in [6.45, 7) is 7.52. The third-order valence-corrected chi connectivity index (χ3v) is 2.26. The molecule has 0 aromatic heterocycles. The van der Waals surface area contributed by atoms with E-state index in [1.54, 1.807) is 6.26 Å². The lowest BCUT2D eigenvalue weighted by atomic mass is 9.81. The van der Waals surface area contributed by atoms with Gasteiger partial charge >= 0.3 is 0 Å². The molecule has 0 saturated heterocycles. The van der Waals surface area contributed by atoms with Crippen LogP contribution in [0.1, 0.15) is 20.8 Å². The number of rotatable bonds is 1. The van der Waals surface area contributed by atoms with E-state index in [0.29, 0.717) is 11.3 Å². The number of hydrogen-bond acceptors (Lipinski definition) is 1. The van der Waals surface area contributed by atoms with E-state index in [-0.39, 0.29) is 0 Å². The molecular formula is C8H14O. The number of ether oxygens (including phenoxy) is 1. The van der Waals surface area contributed by atoms with Gasteiger partial charge in [0.05, 0.1) is 12.9 Å². The summed E-state index contributed by atoms with van der Waals surface area (Å²) in [5, 5.41) is 0. The predicted octanol–water partition coefficient (Wildman–Crippen LogP) is 2.19. The van der Waals surface area contributed by atoms with Crippen LogP contribution < -0.4 is 0 Å². The molecule has 1 atom stereocenters. The van der Waals surface area contributed by atoms with Gasteiger partial charge in [-0.3, -0.25) is 0 Å². The molecule has 0 aromatic carbocycles. The minimum atomic E-state index is 0.292. The molecule has 0 N–H and O–H groups in total. The van der Waals surface area contributed by atoms with Crippen molar-refractivity contribution in [3.8, 4) is 0 Å². The molecule has 0 bridgehead atoms. The Bertz CT molecular complexity index is 127. The molecule has 0 amide bonds. The van der Waals surface area contributed by atoms with Crippen LogP contribution in [0.2, 0.25) is 0 Å². The fourth-order valence-electron chi connectivity index (χ4n) is 0.838. The zero-order valence-electron chi connectivity index (χ0n) is 6.35. The normalized spacial score (nSPS) is 33.3. The van der Waals surface area contributed by atoms with Crippen LogP contribution >= 0.6 is 0 Å². The molecule has 0 fully saturated rings. The molecule has 0 aliphatic carbocycles. The third-order valence-electron chi connectivity index (χ3n) is 2.26. The first-order chi connectivity index (χ1) is 4.15. The second-order valence-electron chi connectivity index (χ2n) is 3.27. The van der Waals surface area contributed by atoms with E-state index in [2.05, 4.69) is 26.8 Å². The maximum Gasteiger partial charge on any atom is 0.0964 e. The molecule has 1 nitrogen and oxygen atoms in total. The van der Waals surface area contributed by atoms with Crippen LogP contribution in [0.25, 0.3) is 0 Å². The Labute approximate surface area is 56.7 Å². The van der Waals surface area contributed by atoms with E-state index in [0.717, 1.165) is 6.61 Å². The summed E-state index contributed by atoms with van der Waals surface area (Å²) in [6.07, 6.45) is 3.96. The summed E-state index contributed by atoms with van der Waals surface area (Å²) in [5.41, 5.74) is 0.292. The van der Waals surface area contributed by atoms with Crippen molar-refractivity contribution in [2.45, 2.75) is 20.8 Å². The summed E-state index contributed by atoms with van der Waals surface area (Å²) in [6, 6.07) is 0. The topological polar surface area (TPSA) is 9.23 Å². The van der Waals surface area contributed by atoms with E-state index in [4.69, 9.17) is 4.74 Å². The third kappa shape index (κ3) is 1.09. The molecule has 1 rings (SSSR count). The molecule has 0 aromatic rings. The molecule has 0 unspecified atom stereocenters. The second-order valence-corrected chi connectivity index (χ2v) is 3.27. The minimum Gasteiger partial charge on any atom is -0.501 e. The molecule has 1 heteroatoms. The smallest absolute Gasteiger partial charge is 0.0964 e. The van der Waals surface area contributed by atoms with Gasteiger partial charge < -0.3 is 4.74 Å². The van der Waals surface area contributed by atoms with Crippen molar-refractivity contribution in [3.63, 3.8) is 0 Å². The van der Waals surface area contributed by atoms with Gasteiger partial charge in [-0.1, -0.05) is 20.8 Å². The molecule has 9 heavy (non-hydrogen) atoms. The zero-order chi connectivity index (χ0) is 6.91. The molecule has 0 spiro atoms. The van der Waals surface area contributed by atoms with Gasteiger partial charge in [0.15, 0.2) is 0 Å². The lowest BCUT2D eigenvalue weighted by Gasteiger charge is -2.24. The summed E-state index contributed by atoms with van der Waals surface area (Å²) >= 11 is 0. The van der Waals surface area contributed by atoms with Crippen LogP contribution in [0.5, 0.6) is 0 Å². The Hall–Kier alpha value is -0.460. The Kier molecular flexibility index (Phi) is 1.52. The van der Waals surface area contributed by atoms with Crippen LogP contribution in [-0.4, -0.2) is 6.61 Å². The van der Waals surface area contributed by atoms with E-state index in [9.17, 15) is 0 Å². The van der Waals surface area contributed by atoms with Gasteiger partial charge in [-0.05, 0) is 12.0 Å². The minimum absolute atomic E-state index is 0.292. The van der Waals surface area contributed by atoms with E-state index in [1.165, 1.54) is 0 Å². The van der Waals surface area contributed by atoms with Gasteiger partial charge in [0, 0.05) is 5.41 Å². The van der Waals surface area contributed by atoms with Crippen molar-refractivity contribution in [3.05, 3.63) is 12.3 Å². The lowest BCUT2D eigenvalue weighted by Crippen LogP contribution is -2.22. The summed E-state index contributed by atoms with van der Waals surface area (Å²) < 4.78 is 5.14. The van der Waals surface area contributed by atoms with Crippen molar-refractivity contribution in [1.29, 1.82) is 0 Å². The van der Waals surface area contributed by atoms with Crippen LogP contribution in [-0.2, 0) is 4.74 Å². The Morgan fingerprint density at radius 1 is 1.56 bits per heavy atom.